The van der Waals surface area contributed by atoms with Crippen LogP contribution in [0.3, 0.4) is 0 Å². The van der Waals surface area contributed by atoms with Gasteiger partial charge in [0.2, 0.25) is 0 Å². The van der Waals surface area contributed by atoms with E-state index >= 15 is 0 Å². The fraction of sp³-hybridized carbons (Fsp3) is 0.111. The van der Waals surface area contributed by atoms with Crippen LogP contribution < -0.4 is 15.4 Å². The molecular weight excluding hydrogens is 311 g/mol. The number of hydrogen-bond acceptors (Lipinski definition) is 4. The minimum Gasteiger partial charge on any atom is -0.489 e. The van der Waals surface area contributed by atoms with Crippen molar-refractivity contribution < 1.29 is 18.7 Å². The lowest BCUT2D eigenvalue weighted by molar-refractivity contribution is -0.113. The Bertz CT molecular complexity index is 815. The van der Waals surface area contributed by atoms with Crippen LogP contribution in [0.1, 0.15) is 10.4 Å². The summed E-state index contributed by atoms with van der Waals surface area (Å²) in [5, 5.41) is 0. The molecule has 0 spiro atoms. The quantitative estimate of drug-likeness (QED) is 0.858. The molecule has 0 fully saturated rings. The van der Waals surface area contributed by atoms with Gasteiger partial charge in [-0.05, 0) is 36.4 Å². The number of hydrogen-bond donors (Lipinski definition) is 1. The van der Waals surface area contributed by atoms with E-state index in [0.717, 1.165) is 0 Å². The first-order chi connectivity index (χ1) is 11.7. The van der Waals surface area contributed by atoms with Gasteiger partial charge in [0, 0.05) is 17.8 Å². The van der Waals surface area contributed by atoms with E-state index in [1.54, 1.807) is 48.5 Å². The molecular formula is C18H15FN2O3. The van der Waals surface area contributed by atoms with Crippen molar-refractivity contribution in [3.63, 3.8) is 0 Å². The highest BCUT2D eigenvalue weighted by molar-refractivity contribution is 6.53. The number of halogens is 1. The Kier molecular flexibility index (Phi) is 4.39. The van der Waals surface area contributed by atoms with Crippen LogP contribution in [0, 0.1) is 0 Å². The van der Waals surface area contributed by atoms with Crippen molar-refractivity contribution in [1.29, 1.82) is 0 Å². The number of carbonyl (C=O) groups is 2. The van der Waals surface area contributed by atoms with Crippen LogP contribution in [-0.2, 0) is 4.79 Å². The van der Waals surface area contributed by atoms with E-state index in [-0.39, 0.29) is 13.2 Å². The van der Waals surface area contributed by atoms with Crippen molar-refractivity contribution in [2.75, 3.05) is 18.1 Å². The number of Topliss-reactive ketones (excluding diaryl/α,β-unsaturated/α-hetero) is 1. The number of ether oxygens (including phenoxy) is 1. The van der Waals surface area contributed by atoms with Crippen LogP contribution in [0.25, 0.3) is 0 Å². The highest BCUT2D eigenvalue weighted by atomic mass is 19.1. The maximum absolute atomic E-state index is 12.5. The third-order valence-corrected chi connectivity index (χ3v) is 3.72. The predicted octanol–water partition coefficient (Wildman–Crippen LogP) is 2.74. The molecule has 1 heterocycles. The molecule has 0 radical (unpaired) electrons. The monoisotopic (exact) mass is 326 g/mol. The third kappa shape index (κ3) is 2.79. The largest absolute Gasteiger partial charge is 0.489 e. The number of nitrogens with zero attached hydrogens (tertiary/aromatic N) is 1. The SMILES string of the molecule is NC/C(=C/F)COc1ccc(N2C(=O)C(=O)c3ccccc32)cc1. The molecule has 2 aromatic carbocycles. The second kappa shape index (κ2) is 6.64. The fourth-order valence-electron chi connectivity index (χ4n) is 2.45. The van der Waals surface area contributed by atoms with Crippen molar-refractivity contribution >= 4 is 23.1 Å². The van der Waals surface area contributed by atoms with E-state index in [4.69, 9.17) is 10.5 Å². The highest BCUT2D eigenvalue weighted by Gasteiger charge is 2.36. The Morgan fingerprint density at radius 3 is 2.50 bits per heavy atom. The van der Waals surface area contributed by atoms with Gasteiger partial charge in [-0.15, -0.1) is 0 Å². The summed E-state index contributed by atoms with van der Waals surface area (Å²) < 4.78 is 17.9. The molecule has 122 valence electrons. The Hall–Kier alpha value is -2.99. The summed E-state index contributed by atoms with van der Waals surface area (Å²) in [5.74, 6) is -0.597. The van der Waals surface area contributed by atoms with Gasteiger partial charge in [-0.3, -0.25) is 14.5 Å². The number of benzene rings is 2. The summed E-state index contributed by atoms with van der Waals surface area (Å²) in [5.41, 5.74) is 7.22. The van der Waals surface area contributed by atoms with Crippen LogP contribution in [0.2, 0.25) is 0 Å². The molecule has 0 atom stereocenters. The summed E-state index contributed by atoms with van der Waals surface area (Å²) in [7, 11) is 0. The average molecular weight is 326 g/mol. The number of para-hydroxylation sites is 1. The minimum atomic E-state index is -0.587. The van der Waals surface area contributed by atoms with E-state index in [1.165, 1.54) is 4.90 Å². The summed E-state index contributed by atoms with van der Waals surface area (Å²) in [6, 6.07) is 13.5. The molecule has 1 amide bonds. The van der Waals surface area contributed by atoms with Gasteiger partial charge in [-0.1, -0.05) is 12.1 Å². The Morgan fingerprint density at radius 2 is 1.83 bits per heavy atom. The molecule has 1 aliphatic rings. The lowest BCUT2D eigenvalue weighted by Gasteiger charge is -2.17. The molecule has 5 nitrogen and oxygen atoms in total. The molecule has 3 rings (SSSR count). The first kappa shape index (κ1) is 15.9. The van der Waals surface area contributed by atoms with Gasteiger partial charge in [0.15, 0.2) is 0 Å². The molecule has 0 saturated heterocycles. The molecule has 2 N–H and O–H groups in total. The van der Waals surface area contributed by atoms with E-state index in [1.807, 2.05) is 0 Å². The second-order valence-electron chi connectivity index (χ2n) is 5.24. The number of fused-ring (bicyclic) bond motifs is 1. The van der Waals surface area contributed by atoms with Gasteiger partial charge in [0.1, 0.15) is 12.4 Å². The van der Waals surface area contributed by atoms with Gasteiger partial charge in [0.25, 0.3) is 5.78 Å². The van der Waals surface area contributed by atoms with Crippen LogP contribution >= 0.6 is 0 Å². The van der Waals surface area contributed by atoms with Crippen molar-refractivity contribution in [2.45, 2.75) is 0 Å². The Morgan fingerprint density at radius 1 is 1.12 bits per heavy atom. The summed E-state index contributed by atoms with van der Waals surface area (Å²) in [6.07, 6.45) is 0.430. The van der Waals surface area contributed by atoms with E-state index in [2.05, 4.69) is 0 Å². The number of nitrogens with two attached hydrogens (primary N) is 1. The zero-order chi connectivity index (χ0) is 17.1. The standard InChI is InChI=1S/C18H15FN2O3/c19-9-12(10-20)11-24-14-7-5-13(6-8-14)21-16-4-2-1-3-15(16)17(22)18(21)23/h1-9H,10-11,20H2/b12-9-. The predicted molar refractivity (Wildman–Crippen MR) is 88.1 cm³/mol. The van der Waals surface area contributed by atoms with E-state index in [9.17, 15) is 14.0 Å². The molecule has 0 saturated carbocycles. The first-order valence-corrected chi connectivity index (χ1v) is 7.34. The van der Waals surface area contributed by atoms with Gasteiger partial charge in [0.05, 0.1) is 17.6 Å². The normalized spacial score (nSPS) is 14.1. The molecule has 24 heavy (non-hydrogen) atoms. The number of ketones is 1. The molecule has 2 aromatic rings. The Balaban J connectivity index is 1.82. The van der Waals surface area contributed by atoms with Crippen LogP contribution in [0.4, 0.5) is 15.8 Å². The number of carbonyl (C=O) groups excluding carboxylic acids is 2. The van der Waals surface area contributed by atoms with E-state index < -0.39 is 11.7 Å². The smallest absolute Gasteiger partial charge is 0.304 e. The van der Waals surface area contributed by atoms with Crippen LogP contribution in [0.15, 0.2) is 60.4 Å². The van der Waals surface area contributed by atoms with Crippen LogP contribution in [-0.4, -0.2) is 24.8 Å². The second-order valence-corrected chi connectivity index (χ2v) is 5.24. The van der Waals surface area contributed by atoms with Gasteiger partial charge < -0.3 is 10.5 Å². The van der Waals surface area contributed by atoms with Crippen molar-refractivity contribution in [2.24, 2.45) is 5.73 Å². The van der Waals surface area contributed by atoms with Crippen LogP contribution in [0.5, 0.6) is 5.75 Å². The Labute approximate surface area is 138 Å². The number of amides is 1. The number of anilines is 2. The van der Waals surface area contributed by atoms with Gasteiger partial charge in [-0.2, -0.15) is 0 Å². The zero-order valence-electron chi connectivity index (χ0n) is 12.7. The zero-order valence-corrected chi connectivity index (χ0v) is 12.7. The average Bonchev–Trinajstić information content (AvgIpc) is 2.88. The third-order valence-electron chi connectivity index (χ3n) is 3.72. The van der Waals surface area contributed by atoms with Gasteiger partial charge >= 0.3 is 5.91 Å². The van der Waals surface area contributed by atoms with Crippen molar-refractivity contribution in [1.82, 2.24) is 0 Å². The van der Waals surface area contributed by atoms with Crippen molar-refractivity contribution in [3.05, 3.63) is 66.0 Å². The summed E-state index contributed by atoms with van der Waals surface area (Å²) in [4.78, 5) is 25.6. The number of rotatable bonds is 5. The molecule has 1 aliphatic heterocycles. The highest BCUT2D eigenvalue weighted by Crippen LogP contribution is 2.35. The summed E-state index contributed by atoms with van der Waals surface area (Å²) >= 11 is 0. The maximum Gasteiger partial charge on any atom is 0.304 e. The van der Waals surface area contributed by atoms with Gasteiger partial charge in [-0.25, -0.2) is 4.39 Å². The molecule has 6 heteroatoms. The van der Waals surface area contributed by atoms with Crippen molar-refractivity contribution in [3.8, 4) is 5.75 Å². The molecule has 0 unspecified atom stereocenters. The lowest BCUT2D eigenvalue weighted by atomic mass is 10.1. The topological polar surface area (TPSA) is 72.6 Å². The molecule has 0 aromatic heterocycles. The lowest BCUT2D eigenvalue weighted by Crippen LogP contribution is -2.24. The molecule has 0 bridgehead atoms. The first-order valence-electron chi connectivity index (χ1n) is 7.34. The maximum atomic E-state index is 12.5. The van der Waals surface area contributed by atoms with E-state index in [0.29, 0.717) is 34.6 Å². The minimum absolute atomic E-state index is 0.0519. The molecule has 0 aliphatic carbocycles. The fourth-order valence-corrected chi connectivity index (χ4v) is 2.45. The summed E-state index contributed by atoms with van der Waals surface area (Å²) in [6.45, 7) is 0.131.